The highest BCUT2D eigenvalue weighted by Crippen LogP contribution is 2.19. The van der Waals surface area contributed by atoms with Crippen LogP contribution in [-0.2, 0) is 4.74 Å². The van der Waals surface area contributed by atoms with E-state index in [9.17, 15) is 8.78 Å². The highest BCUT2D eigenvalue weighted by atomic mass is 19.1. The number of nitrogens with one attached hydrogen (secondary N) is 2. The third-order valence-electron chi connectivity index (χ3n) is 2.34. The van der Waals surface area contributed by atoms with Gasteiger partial charge < -0.3 is 15.4 Å². The van der Waals surface area contributed by atoms with Gasteiger partial charge in [0.05, 0.1) is 18.5 Å². The summed E-state index contributed by atoms with van der Waals surface area (Å²) in [4.78, 5) is 4.09. The summed E-state index contributed by atoms with van der Waals surface area (Å²) in [5.41, 5.74) is 0.106. The van der Waals surface area contributed by atoms with Crippen LogP contribution in [0.3, 0.4) is 0 Å². The van der Waals surface area contributed by atoms with Crippen molar-refractivity contribution in [2.75, 3.05) is 30.9 Å². The molecule has 20 heavy (non-hydrogen) atoms. The molecule has 1 aromatic carbocycles. The fraction of sp³-hybridized carbons (Fsp3) is 0.250. The third-order valence-corrected chi connectivity index (χ3v) is 2.34. The topological polar surface area (TPSA) is 72.0 Å². The molecule has 6 nitrogen and oxygen atoms in total. The van der Waals surface area contributed by atoms with E-state index in [4.69, 9.17) is 4.74 Å². The largest absolute Gasteiger partial charge is 0.383 e. The monoisotopic (exact) mass is 281 g/mol. The zero-order chi connectivity index (χ0) is 14.4. The van der Waals surface area contributed by atoms with Crippen LogP contribution in [0.25, 0.3) is 0 Å². The van der Waals surface area contributed by atoms with Crippen molar-refractivity contribution in [2.24, 2.45) is 0 Å². The van der Waals surface area contributed by atoms with Crippen LogP contribution in [-0.4, -0.2) is 35.4 Å². The molecule has 2 N–H and O–H groups in total. The summed E-state index contributed by atoms with van der Waals surface area (Å²) in [5, 5.41) is 13.1. The molecule has 0 aliphatic heterocycles. The Morgan fingerprint density at radius 2 is 2.15 bits per heavy atom. The van der Waals surface area contributed by atoms with Gasteiger partial charge in [0, 0.05) is 19.7 Å². The second-order valence-electron chi connectivity index (χ2n) is 3.83. The van der Waals surface area contributed by atoms with Crippen LogP contribution in [0.4, 0.5) is 26.2 Å². The number of halogens is 2. The number of methoxy groups -OCH3 is 1. The van der Waals surface area contributed by atoms with Crippen molar-refractivity contribution in [2.45, 2.75) is 0 Å². The van der Waals surface area contributed by atoms with Crippen LogP contribution >= 0.6 is 0 Å². The molecule has 1 aromatic heterocycles. The number of benzene rings is 1. The van der Waals surface area contributed by atoms with Crippen LogP contribution in [0.15, 0.2) is 24.4 Å². The molecule has 8 heteroatoms. The highest BCUT2D eigenvalue weighted by molar-refractivity contribution is 5.56. The maximum atomic E-state index is 13.5. The van der Waals surface area contributed by atoms with Crippen LogP contribution in [0.2, 0.25) is 0 Å². The van der Waals surface area contributed by atoms with Gasteiger partial charge in [-0.25, -0.2) is 8.78 Å². The van der Waals surface area contributed by atoms with Gasteiger partial charge in [0.2, 0.25) is 5.95 Å². The molecule has 0 aliphatic rings. The minimum Gasteiger partial charge on any atom is -0.383 e. The van der Waals surface area contributed by atoms with Crippen molar-refractivity contribution in [1.82, 2.24) is 15.2 Å². The lowest BCUT2D eigenvalue weighted by atomic mass is 10.3. The Balaban J connectivity index is 2.07. The summed E-state index contributed by atoms with van der Waals surface area (Å²) in [6.07, 6.45) is 1.34. The van der Waals surface area contributed by atoms with E-state index in [1.807, 2.05) is 0 Å². The standard InChI is InChI=1S/C12H13F2N5O/c1-20-5-4-15-12-18-11(7-16-19-12)17-10-3-2-8(13)6-9(10)14/h2-3,6-7H,4-5H2,1H3,(H2,15,17,18,19). The fourth-order valence-corrected chi connectivity index (χ4v) is 1.43. The molecule has 0 radical (unpaired) electrons. The van der Waals surface area contributed by atoms with Gasteiger partial charge >= 0.3 is 0 Å². The number of aromatic nitrogens is 3. The first-order valence-corrected chi connectivity index (χ1v) is 5.83. The quantitative estimate of drug-likeness (QED) is 0.789. The van der Waals surface area contributed by atoms with E-state index in [1.165, 1.54) is 12.3 Å². The number of anilines is 3. The smallest absolute Gasteiger partial charge is 0.244 e. The SMILES string of the molecule is COCCNc1nncc(Nc2ccc(F)cc2F)n1. The van der Waals surface area contributed by atoms with Gasteiger partial charge in [-0.3, -0.25) is 0 Å². The summed E-state index contributed by atoms with van der Waals surface area (Å²) < 4.78 is 31.2. The van der Waals surface area contributed by atoms with E-state index in [1.54, 1.807) is 7.11 Å². The maximum absolute atomic E-state index is 13.5. The first-order chi connectivity index (χ1) is 9.69. The first-order valence-electron chi connectivity index (χ1n) is 5.83. The second-order valence-corrected chi connectivity index (χ2v) is 3.83. The van der Waals surface area contributed by atoms with Crippen LogP contribution in [0, 0.1) is 11.6 Å². The molecule has 0 saturated heterocycles. The highest BCUT2D eigenvalue weighted by Gasteiger charge is 2.06. The predicted octanol–water partition coefficient (Wildman–Crippen LogP) is 1.95. The van der Waals surface area contributed by atoms with Crippen LogP contribution in [0.1, 0.15) is 0 Å². The summed E-state index contributed by atoms with van der Waals surface area (Å²) in [5.74, 6) is -0.770. The lowest BCUT2D eigenvalue weighted by Gasteiger charge is -2.08. The maximum Gasteiger partial charge on any atom is 0.244 e. The predicted molar refractivity (Wildman–Crippen MR) is 69.8 cm³/mol. The van der Waals surface area contributed by atoms with Gasteiger partial charge in [-0.2, -0.15) is 10.1 Å². The van der Waals surface area contributed by atoms with E-state index >= 15 is 0 Å². The molecule has 0 aliphatic carbocycles. The fourth-order valence-electron chi connectivity index (χ4n) is 1.43. The minimum absolute atomic E-state index is 0.106. The minimum atomic E-state index is -0.711. The molecule has 0 saturated carbocycles. The number of hydrogen-bond donors (Lipinski definition) is 2. The van der Waals surface area contributed by atoms with Gasteiger partial charge in [-0.1, -0.05) is 0 Å². The Kier molecular flexibility index (Phi) is 4.72. The van der Waals surface area contributed by atoms with E-state index in [0.29, 0.717) is 19.0 Å². The molecule has 0 fully saturated rings. The van der Waals surface area contributed by atoms with Crippen molar-refractivity contribution in [1.29, 1.82) is 0 Å². The molecule has 0 unspecified atom stereocenters. The van der Waals surface area contributed by atoms with E-state index in [0.717, 1.165) is 12.1 Å². The van der Waals surface area contributed by atoms with Crippen LogP contribution < -0.4 is 10.6 Å². The number of hydrogen-bond acceptors (Lipinski definition) is 6. The summed E-state index contributed by atoms with van der Waals surface area (Å²) in [6.45, 7) is 1.01. The van der Waals surface area contributed by atoms with E-state index in [2.05, 4.69) is 25.8 Å². The van der Waals surface area contributed by atoms with Crippen molar-refractivity contribution in [3.8, 4) is 0 Å². The van der Waals surface area contributed by atoms with Gasteiger partial charge in [0.25, 0.3) is 0 Å². The molecule has 106 valence electrons. The Morgan fingerprint density at radius 1 is 1.30 bits per heavy atom. The van der Waals surface area contributed by atoms with Gasteiger partial charge in [0.15, 0.2) is 5.82 Å². The number of rotatable bonds is 6. The average Bonchev–Trinajstić information content (AvgIpc) is 2.43. The summed E-state index contributed by atoms with van der Waals surface area (Å²) >= 11 is 0. The molecule has 1 heterocycles. The van der Waals surface area contributed by atoms with Crippen LogP contribution in [0.5, 0.6) is 0 Å². The normalized spacial score (nSPS) is 10.3. The first kappa shape index (κ1) is 14.1. The van der Waals surface area contributed by atoms with Crippen molar-refractivity contribution < 1.29 is 13.5 Å². The summed E-state index contributed by atoms with van der Waals surface area (Å²) in [6, 6.07) is 3.22. The Morgan fingerprint density at radius 3 is 2.90 bits per heavy atom. The molecule has 0 atom stereocenters. The molecule has 0 spiro atoms. The number of ether oxygens (including phenoxy) is 1. The van der Waals surface area contributed by atoms with Crippen molar-refractivity contribution >= 4 is 17.5 Å². The lowest BCUT2D eigenvalue weighted by Crippen LogP contribution is -2.11. The van der Waals surface area contributed by atoms with Gasteiger partial charge in [-0.15, -0.1) is 5.10 Å². The molecular formula is C12H13F2N5O. The second kappa shape index (κ2) is 6.71. The Hall–Kier alpha value is -2.35. The number of nitrogens with zero attached hydrogens (tertiary/aromatic N) is 3. The molecule has 0 bridgehead atoms. The van der Waals surface area contributed by atoms with Crippen molar-refractivity contribution in [3.63, 3.8) is 0 Å². The van der Waals surface area contributed by atoms with Gasteiger partial charge in [-0.05, 0) is 12.1 Å². The van der Waals surface area contributed by atoms with E-state index in [-0.39, 0.29) is 11.6 Å². The zero-order valence-corrected chi connectivity index (χ0v) is 10.7. The molecule has 2 rings (SSSR count). The Bertz CT molecular complexity index is 582. The Labute approximate surface area is 114 Å². The van der Waals surface area contributed by atoms with Crippen molar-refractivity contribution in [3.05, 3.63) is 36.0 Å². The summed E-state index contributed by atoms with van der Waals surface area (Å²) in [7, 11) is 1.58. The third kappa shape index (κ3) is 3.82. The zero-order valence-electron chi connectivity index (χ0n) is 10.7. The molecule has 2 aromatic rings. The average molecular weight is 281 g/mol. The van der Waals surface area contributed by atoms with E-state index < -0.39 is 11.6 Å². The van der Waals surface area contributed by atoms with Gasteiger partial charge in [0.1, 0.15) is 11.6 Å². The molecular weight excluding hydrogens is 268 g/mol. The molecule has 0 amide bonds. The lowest BCUT2D eigenvalue weighted by molar-refractivity contribution is 0.210.